The summed E-state index contributed by atoms with van der Waals surface area (Å²) in [6.07, 6.45) is 20.1. The average Bonchev–Trinajstić information content (AvgIpc) is 2.91. The molecule has 0 saturated carbocycles. The van der Waals surface area contributed by atoms with Gasteiger partial charge in [-0.05, 0) is 36.8 Å². The zero-order chi connectivity index (χ0) is 25.9. The predicted octanol–water partition coefficient (Wildman–Crippen LogP) is 10.3. The lowest BCUT2D eigenvalue weighted by atomic mass is 10.0. The van der Waals surface area contributed by atoms with Gasteiger partial charge in [-0.25, -0.2) is 0 Å². The Morgan fingerprint density at radius 3 is 1.50 bits per heavy atom. The smallest absolute Gasteiger partial charge is 0.0810 e. The molecule has 0 aliphatic rings. The Balaban J connectivity index is 0.00000205. The molecular formula is C34H56O2. The van der Waals surface area contributed by atoms with E-state index < -0.39 is 0 Å². The summed E-state index contributed by atoms with van der Waals surface area (Å²) in [6, 6.07) is 21.3. The molecule has 2 rings (SSSR count). The van der Waals surface area contributed by atoms with Gasteiger partial charge in [-0.1, -0.05) is 152 Å². The monoisotopic (exact) mass is 496 g/mol. The van der Waals surface area contributed by atoms with Crippen molar-refractivity contribution >= 4 is 0 Å². The summed E-state index contributed by atoms with van der Waals surface area (Å²) in [7, 11) is 0. The van der Waals surface area contributed by atoms with Crippen molar-refractivity contribution in [3.05, 3.63) is 71.8 Å². The minimum Gasteiger partial charge on any atom is -0.379 e. The molecule has 0 N–H and O–H groups in total. The van der Waals surface area contributed by atoms with Crippen LogP contribution in [0.1, 0.15) is 122 Å². The van der Waals surface area contributed by atoms with Crippen molar-refractivity contribution in [2.45, 2.75) is 130 Å². The molecule has 2 aromatic carbocycles. The first-order valence-corrected chi connectivity index (χ1v) is 15.1. The molecule has 2 aromatic rings. The summed E-state index contributed by atoms with van der Waals surface area (Å²) in [5, 5.41) is 0. The van der Waals surface area contributed by atoms with Crippen molar-refractivity contribution in [3.8, 4) is 0 Å². The highest BCUT2D eigenvalue weighted by Crippen LogP contribution is 2.13. The fourth-order valence-corrected chi connectivity index (χ4v) is 4.23. The zero-order valence-electron chi connectivity index (χ0n) is 23.9. The highest BCUT2D eigenvalue weighted by atomic mass is 16.5. The number of hydrogen-bond donors (Lipinski definition) is 0. The standard InChI is InChI=1S/C31H48O2.C3H8/c1-2-31(33-27-30-24-18-14-19-25-30)28-32-26-20-12-10-8-6-4-3-5-7-9-11-15-21-29-22-16-13-17-23-29;1-3-2/h13-14,16-19,22-25,31H,2-12,15,20-21,26-28H2,1H3;3H2,1-2H3. The largest absolute Gasteiger partial charge is 0.379 e. The lowest BCUT2D eigenvalue weighted by Crippen LogP contribution is -2.19. The van der Waals surface area contributed by atoms with E-state index in [0.29, 0.717) is 6.61 Å². The Kier molecular flexibility index (Phi) is 22.5. The second kappa shape index (κ2) is 25.0. The van der Waals surface area contributed by atoms with E-state index in [1.165, 1.54) is 101 Å². The van der Waals surface area contributed by atoms with Crippen LogP contribution < -0.4 is 0 Å². The minimum absolute atomic E-state index is 0.203. The van der Waals surface area contributed by atoms with Crippen LogP contribution in [-0.2, 0) is 22.5 Å². The maximum atomic E-state index is 5.99. The van der Waals surface area contributed by atoms with Crippen LogP contribution in [0, 0.1) is 0 Å². The van der Waals surface area contributed by atoms with Crippen LogP contribution in [-0.4, -0.2) is 19.3 Å². The Bertz CT molecular complexity index is 670. The molecule has 204 valence electrons. The predicted molar refractivity (Wildman–Crippen MR) is 158 cm³/mol. The van der Waals surface area contributed by atoms with Crippen LogP contribution in [0.15, 0.2) is 60.7 Å². The molecule has 0 aliphatic heterocycles. The fourth-order valence-electron chi connectivity index (χ4n) is 4.23. The molecule has 2 heteroatoms. The van der Waals surface area contributed by atoms with Gasteiger partial charge in [0.2, 0.25) is 0 Å². The number of aryl methyl sites for hydroxylation is 1. The third-order valence-electron chi connectivity index (χ3n) is 6.43. The van der Waals surface area contributed by atoms with Crippen molar-refractivity contribution in [2.75, 3.05) is 13.2 Å². The number of benzene rings is 2. The van der Waals surface area contributed by atoms with Gasteiger partial charge in [0.1, 0.15) is 0 Å². The third kappa shape index (κ3) is 19.5. The Morgan fingerprint density at radius 1 is 0.556 bits per heavy atom. The van der Waals surface area contributed by atoms with Gasteiger partial charge < -0.3 is 9.47 Å². The number of rotatable bonds is 21. The molecule has 0 aromatic heterocycles. The molecule has 0 amide bonds. The second-order valence-corrected chi connectivity index (χ2v) is 10.1. The topological polar surface area (TPSA) is 18.5 Å². The molecule has 36 heavy (non-hydrogen) atoms. The van der Waals surface area contributed by atoms with Gasteiger partial charge in [0.15, 0.2) is 0 Å². The van der Waals surface area contributed by atoms with Gasteiger partial charge in [-0.2, -0.15) is 0 Å². The summed E-state index contributed by atoms with van der Waals surface area (Å²) in [5.41, 5.74) is 2.72. The Labute approximate surface area is 224 Å². The van der Waals surface area contributed by atoms with E-state index in [1.54, 1.807) is 0 Å². The summed E-state index contributed by atoms with van der Waals surface area (Å²) in [5.74, 6) is 0. The molecular weight excluding hydrogens is 440 g/mol. The second-order valence-electron chi connectivity index (χ2n) is 10.1. The molecule has 2 nitrogen and oxygen atoms in total. The first-order chi connectivity index (χ1) is 17.8. The lowest BCUT2D eigenvalue weighted by Gasteiger charge is -2.16. The lowest BCUT2D eigenvalue weighted by molar-refractivity contribution is -0.0269. The quantitative estimate of drug-likeness (QED) is 0.160. The average molecular weight is 497 g/mol. The van der Waals surface area contributed by atoms with E-state index >= 15 is 0 Å². The first kappa shape index (κ1) is 32.4. The van der Waals surface area contributed by atoms with Crippen molar-refractivity contribution in [1.82, 2.24) is 0 Å². The van der Waals surface area contributed by atoms with E-state index in [-0.39, 0.29) is 6.10 Å². The van der Waals surface area contributed by atoms with E-state index in [0.717, 1.165) is 19.6 Å². The van der Waals surface area contributed by atoms with Crippen LogP contribution in [0.25, 0.3) is 0 Å². The van der Waals surface area contributed by atoms with Gasteiger partial charge in [-0.3, -0.25) is 0 Å². The van der Waals surface area contributed by atoms with E-state index in [9.17, 15) is 0 Å². The molecule has 1 unspecified atom stereocenters. The van der Waals surface area contributed by atoms with Crippen molar-refractivity contribution < 1.29 is 9.47 Å². The maximum absolute atomic E-state index is 5.99. The SMILES string of the molecule is CCC.CCC(COCCCCCCCCCCCCCCc1ccccc1)OCc1ccccc1. The minimum atomic E-state index is 0.203. The van der Waals surface area contributed by atoms with Crippen LogP contribution in [0.4, 0.5) is 0 Å². The normalized spacial score (nSPS) is 11.6. The van der Waals surface area contributed by atoms with E-state index in [2.05, 4.69) is 75.4 Å². The van der Waals surface area contributed by atoms with Crippen LogP contribution >= 0.6 is 0 Å². The summed E-state index contributed by atoms with van der Waals surface area (Å²) in [6.45, 7) is 8.69. The van der Waals surface area contributed by atoms with Crippen molar-refractivity contribution in [1.29, 1.82) is 0 Å². The molecule has 0 spiro atoms. The third-order valence-corrected chi connectivity index (χ3v) is 6.43. The number of hydrogen-bond acceptors (Lipinski definition) is 2. The summed E-state index contributed by atoms with van der Waals surface area (Å²) in [4.78, 5) is 0. The van der Waals surface area contributed by atoms with E-state index in [1.807, 2.05) is 6.07 Å². The molecule has 0 radical (unpaired) electrons. The van der Waals surface area contributed by atoms with Gasteiger partial charge in [0.05, 0.1) is 19.3 Å². The fraction of sp³-hybridized carbons (Fsp3) is 0.647. The van der Waals surface area contributed by atoms with Crippen LogP contribution in [0.3, 0.4) is 0 Å². The molecule has 0 saturated heterocycles. The highest BCUT2D eigenvalue weighted by Gasteiger charge is 2.07. The Hall–Kier alpha value is -1.64. The Morgan fingerprint density at radius 2 is 1.00 bits per heavy atom. The van der Waals surface area contributed by atoms with Gasteiger partial charge in [-0.15, -0.1) is 0 Å². The molecule has 0 heterocycles. The van der Waals surface area contributed by atoms with Crippen LogP contribution in [0.2, 0.25) is 0 Å². The summed E-state index contributed by atoms with van der Waals surface area (Å²) >= 11 is 0. The number of ether oxygens (including phenoxy) is 2. The number of unbranched alkanes of at least 4 members (excludes halogenated alkanes) is 11. The van der Waals surface area contributed by atoms with Crippen LogP contribution in [0.5, 0.6) is 0 Å². The van der Waals surface area contributed by atoms with E-state index in [4.69, 9.17) is 9.47 Å². The van der Waals surface area contributed by atoms with Gasteiger partial charge in [0.25, 0.3) is 0 Å². The first-order valence-electron chi connectivity index (χ1n) is 15.1. The highest BCUT2D eigenvalue weighted by molar-refractivity contribution is 5.14. The zero-order valence-corrected chi connectivity index (χ0v) is 23.9. The van der Waals surface area contributed by atoms with Crippen molar-refractivity contribution in [3.63, 3.8) is 0 Å². The van der Waals surface area contributed by atoms with Crippen molar-refractivity contribution in [2.24, 2.45) is 0 Å². The molecule has 0 aliphatic carbocycles. The van der Waals surface area contributed by atoms with Gasteiger partial charge in [0, 0.05) is 6.61 Å². The molecule has 0 fully saturated rings. The maximum Gasteiger partial charge on any atom is 0.0810 e. The summed E-state index contributed by atoms with van der Waals surface area (Å²) < 4.78 is 11.9. The van der Waals surface area contributed by atoms with Gasteiger partial charge >= 0.3 is 0 Å². The molecule has 1 atom stereocenters. The molecule has 0 bridgehead atoms.